The van der Waals surface area contributed by atoms with E-state index in [0.717, 1.165) is 31.0 Å². The minimum absolute atomic E-state index is 0.0619. The molecule has 1 aromatic heterocycles. The molecule has 130 valence electrons. The van der Waals surface area contributed by atoms with Crippen molar-refractivity contribution in [3.05, 3.63) is 42.2 Å². The van der Waals surface area contributed by atoms with Crippen LogP contribution in [0.1, 0.15) is 18.7 Å². The van der Waals surface area contributed by atoms with Gasteiger partial charge in [-0.3, -0.25) is 4.79 Å². The highest BCUT2D eigenvalue weighted by Crippen LogP contribution is 2.22. The highest BCUT2D eigenvalue weighted by atomic mass is 16.5. The van der Waals surface area contributed by atoms with Crippen molar-refractivity contribution in [3.8, 4) is 0 Å². The largest absolute Gasteiger partial charge is 0.501 e. The maximum Gasteiger partial charge on any atom is 0.328 e. The topological polar surface area (TPSA) is 119 Å². The van der Waals surface area contributed by atoms with Crippen LogP contribution in [0.4, 0.5) is 0 Å². The molecule has 2 rings (SSSR count). The second-order valence-electron chi connectivity index (χ2n) is 5.09. The summed E-state index contributed by atoms with van der Waals surface area (Å²) in [6, 6.07) is 0. The van der Waals surface area contributed by atoms with Gasteiger partial charge in [0.25, 0.3) is 0 Å². The second-order valence-corrected chi connectivity index (χ2v) is 5.09. The first-order valence-electron chi connectivity index (χ1n) is 7.23. The van der Waals surface area contributed by atoms with Gasteiger partial charge in [0, 0.05) is 49.5 Å². The quantitative estimate of drug-likeness (QED) is 0.780. The van der Waals surface area contributed by atoms with Crippen LogP contribution in [0, 0.1) is 12.8 Å². The van der Waals surface area contributed by atoms with Gasteiger partial charge in [-0.25, -0.2) is 14.6 Å². The number of ketones is 1. The number of allylic oxidation sites excluding steroid dienone is 2. The fraction of sp³-hybridized carbons (Fsp3) is 0.375. The van der Waals surface area contributed by atoms with Crippen molar-refractivity contribution in [1.82, 2.24) is 9.55 Å². The Bertz CT molecular complexity index is 643. The maximum absolute atomic E-state index is 11.8. The average molecular weight is 336 g/mol. The molecule has 1 atom stereocenters. The Labute approximate surface area is 139 Å². The molecule has 2 N–H and O–H groups in total. The Balaban J connectivity index is 0.000000307. The minimum Gasteiger partial charge on any atom is -0.501 e. The molecule has 1 unspecified atom stereocenters. The zero-order valence-electron chi connectivity index (χ0n) is 13.5. The van der Waals surface area contributed by atoms with Gasteiger partial charge < -0.3 is 19.5 Å². The zero-order valence-corrected chi connectivity index (χ0v) is 13.5. The normalized spacial score (nSPS) is 17.0. The van der Waals surface area contributed by atoms with Gasteiger partial charge in [0.15, 0.2) is 5.78 Å². The smallest absolute Gasteiger partial charge is 0.328 e. The van der Waals surface area contributed by atoms with Gasteiger partial charge in [-0.2, -0.15) is 0 Å². The number of rotatable bonds is 5. The van der Waals surface area contributed by atoms with Crippen LogP contribution >= 0.6 is 0 Å². The molecule has 0 bridgehead atoms. The number of hydrogen-bond acceptors (Lipinski definition) is 5. The van der Waals surface area contributed by atoms with E-state index in [1.165, 1.54) is 0 Å². The Morgan fingerprint density at radius 3 is 2.42 bits per heavy atom. The van der Waals surface area contributed by atoms with Crippen molar-refractivity contribution in [2.24, 2.45) is 5.92 Å². The van der Waals surface area contributed by atoms with Gasteiger partial charge in [-0.1, -0.05) is 0 Å². The molecule has 0 aromatic carbocycles. The first-order valence-corrected chi connectivity index (χ1v) is 7.23. The van der Waals surface area contributed by atoms with Crippen molar-refractivity contribution in [2.75, 3.05) is 7.11 Å². The summed E-state index contributed by atoms with van der Waals surface area (Å²) in [5.41, 5.74) is 0. The number of aromatic nitrogens is 2. The van der Waals surface area contributed by atoms with E-state index in [-0.39, 0.29) is 11.7 Å². The SMILES string of the molecule is COC1=CC(=O)C(Cn2ccnc2C)CC1.O=C(O)C=CC(=O)O. The van der Waals surface area contributed by atoms with E-state index in [1.807, 2.05) is 17.7 Å². The molecule has 0 spiro atoms. The highest BCUT2D eigenvalue weighted by molar-refractivity contribution is 5.92. The lowest BCUT2D eigenvalue weighted by Crippen LogP contribution is -2.23. The summed E-state index contributed by atoms with van der Waals surface area (Å²) >= 11 is 0. The molecule has 0 saturated carbocycles. The van der Waals surface area contributed by atoms with Gasteiger partial charge in [0.1, 0.15) is 5.82 Å². The number of nitrogens with zero attached hydrogens (tertiary/aromatic N) is 2. The van der Waals surface area contributed by atoms with E-state index in [0.29, 0.717) is 12.2 Å². The molecule has 1 heterocycles. The number of methoxy groups -OCH3 is 1. The lowest BCUT2D eigenvalue weighted by atomic mass is 9.92. The van der Waals surface area contributed by atoms with Crippen LogP contribution in [0.15, 0.2) is 36.4 Å². The third kappa shape index (κ3) is 6.47. The molecule has 8 nitrogen and oxygen atoms in total. The lowest BCUT2D eigenvalue weighted by Gasteiger charge is -2.20. The van der Waals surface area contributed by atoms with Gasteiger partial charge in [-0.05, 0) is 13.3 Å². The molecule has 0 saturated heterocycles. The van der Waals surface area contributed by atoms with Crippen molar-refractivity contribution in [1.29, 1.82) is 0 Å². The second kappa shape index (κ2) is 9.29. The fourth-order valence-electron chi connectivity index (χ4n) is 2.13. The van der Waals surface area contributed by atoms with Crippen LogP contribution in [0.5, 0.6) is 0 Å². The lowest BCUT2D eigenvalue weighted by molar-refractivity contribution is -0.134. The molecule has 1 aromatic rings. The number of hydrogen-bond donors (Lipinski definition) is 2. The van der Waals surface area contributed by atoms with Crippen LogP contribution in [-0.4, -0.2) is 44.6 Å². The molecule has 1 aliphatic carbocycles. The number of carboxylic acid groups (broad SMARTS) is 2. The van der Waals surface area contributed by atoms with E-state index in [1.54, 1.807) is 19.4 Å². The van der Waals surface area contributed by atoms with Crippen LogP contribution in [0.2, 0.25) is 0 Å². The molecular weight excluding hydrogens is 316 g/mol. The number of aryl methyl sites for hydroxylation is 1. The number of imidazole rings is 1. The van der Waals surface area contributed by atoms with Crippen molar-refractivity contribution in [3.63, 3.8) is 0 Å². The summed E-state index contributed by atoms with van der Waals surface area (Å²) in [5.74, 6) is -0.541. The molecule has 0 radical (unpaired) electrons. The zero-order chi connectivity index (χ0) is 18.1. The fourth-order valence-corrected chi connectivity index (χ4v) is 2.13. The predicted octanol–water partition coefficient (Wildman–Crippen LogP) is 1.41. The third-order valence-electron chi connectivity index (χ3n) is 3.42. The molecule has 0 fully saturated rings. The van der Waals surface area contributed by atoms with Gasteiger partial charge in [-0.15, -0.1) is 0 Å². The van der Waals surface area contributed by atoms with Crippen LogP contribution < -0.4 is 0 Å². The molecule has 1 aliphatic rings. The average Bonchev–Trinajstić information content (AvgIpc) is 2.93. The Morgan fingerprint density at radius 2 is 2.00 bits per heavy atom. The first-order chi connectivity index (χ1) is 11.3. The van der Waals surface area contributed by atoms with Crippen molar-refractivity contribution in [2.45, 2.75) is 26.3 Å². The summed E-state index contributed by atoms with van der Waals surface area (Å²) in [5, 5.41) is 15.6. The molecule has 8 heteroatoms. The standard InChI is InChI=1S/C12H16N2O2.C4H4O4/c1-9-13-5-6-14(9)8-10-3-4-11(16-2)7-12(10)15;5-3(6)1-2-4(7)8/h5-7,10H,3-4,8H2,1-2H3;1-2H,(H,5,6)(H,7,8). The molecule has 0 aliphatic heterocycles. The minimum atomic E-state index is -1.26. The van der Waals surface area contributed by atoms with Crippen LogP contribution in [0.25, 0.3) is 0 Å². The Kier molecular flexibility index (Phi) is 7.41. The van der Waals surface area contributed by atoms with E-state index in [4.69, 9.17) is 14.9 Å². The van der Waals surface area contributed by atoms with E-state index < -0.39 is 11.9 Å². The number of ether oxygens (including phenoxy) is 1. The number of carbonyl (C=O) groups excluding carboxylic acids is 1. The summed E-state index contributed by atoms with van der Waals surface area (Å²) in [6.45, 7) is 2.67. The van der Waals surface area contributed by atoms with Crippen molar-refractivity contribution >= 4 is 17.7 Å². The number of carbonyl (C=O) groups is 3. The van der Waals surface area contributed by atoms with Crippen LogP contribution in [0.3, 0.4) is 0 Å². The molecule has 24 heavy (non-hydrogen) atoms. The summed E-state index contributed by atoms with van der Waals surface area (Å²) in [7, 11) is 1.61. The predicted molar refractivity (Wildman–Crippen MR) is 84.2 cm³/mol. The van der Waals surface area contributed by atoms with Crippen molar-refractivity contribution < 1.29 is 29.3 Å². The maximum atomic E-state index is 11.8. The van der Waals surface area contributed by atoms with Gasteiger partial charge in [0.05, 0.1) is 12.9 Å². The third-order valence-corrected chi connectivity index (χ3v) is 3.42. The summed E-state index contributed by atoms with van der Waals surface area (Å²) in [6.07, 6.45) is 8.12. The van der Waals surface area contributed by atoms with E-state index >= 15 is 0 Å². The van der Waals surface area contributed by atoms with Gasteiger partial charge in [0.2, 0.25) is 0 Å². The number of carboxylic acids is 2. The first kappa shape index (κ1) is 19.1. The highest BCUT2D eigenvalue weighted by Gasteiger charge is 2.23. The van der Waals surface area contributed by atoms with Gasteiger partial charge >= 0.3 is 11.9 Å². The molecule has 0 amide bonds. The Hall–Kier alpha value is -2.90. The van der Waals surface area contributed by atoms with E-state index in [9.17, 15) is 14.4 Å². The Morgan fingerprint density at radius 1 is 1.38 bits per heavy atom. The summed E-state index contributed by atoms with van der Waals surface area (Å²) < 4.78 is 7.11. The molecular formula is C16H20N2O6. The summed E-state index contributed by atoms with van der Waals surface area (Å²) in [4.78, 5) is 35.1. The monoisotopic (exact) mass is 336 g/mol. The van der Waals surface area contributed by atoms with Crippen LogP contribution in [-0.2, 0) is 25.7 Å². The van der Waals surface area contributed by atoms with E-state index in [2.05, 4.69) is 4.98 Å². The number of aliphatic carboxylic acids is 2.